The fourth-order valence-corrected chi connectivity index (χ4v) is 6.16. The molecule has 210 valence electrons. The van der Waals surface area contributed by atoms with Crippen LogP contribution in [0.25, 0.3) is 0 Å². The lowest BCUT2D eigenvalue weighted by Crippen LogP contribution is -2.44. The van der Waals surface area contributed by atoms with Crippen molar-refractivity contribution in [2.24, 2.45) is 0 Å². The van der Waals surface area contributed by atoms with Crippen molar-refractivity contribution >= 4 is 17.5 Å². The van der Waals surface area contributed by atoms with Crippen molar-refractivity contribution in [2.45, 2.75) is 56.4 Å². The van der Waals surface area contributed by atoms with E-state index in [4.69, 9.17) is 0 Å². The quantitative estimate of drug-likeness (QED) is 0.337. The van der Waals surface area contributed by atoms with Gasteiger partial charge in [-0.3, -0.25) is 9.59 Å². The number of amides is 2. The Kier molecular flexibility index (Phi) is 6.75. The third-order valence-electron chi connectivity index (χ3n) is 8.61. The summed E-state index contributed by atoms with van der Waals surface area (Å²) in [4.78, 5) is 28.6. The SMILES string of the molecule is CC(=O)N(C)c1ccc(C(=O)N2CCC3(Cc4ccc(F)cc4)c4ccc(C(C)(F)C(F)(F)F)cc4CC23)cc1. The fraction of sp³-hybridized carbons (Fsp3) is 0.355. The van der Waals surface area contributed by atoms with Crippen molar-refractivity contribution in [3.8, 4) is 0 Å². The van der Waals surface area contributed by atoms with Crippen LogP contribution in [0, 0.1) is 5.82 Å². The maximum absolute atomic E-state index is 14.9. The first kappa shape index (κ1) is 27.8. The van der Waals surface area contributed by atoms with Crippen molar-refractivity contribution < 1.29 is 31.5 Å². The number of carbonyl (C=O) groups is 2. The standard InChI is InChI=1S/C31H29F5N2O2/c1-19(39)37(3)25-11-6-21(7-12-25)28(40)38-15-14-30(18-20-4-9-24(32)10-5-20)26-13-8-23(16-22(26)17-27(30)38)29(2,33)31(34,35)36/h4-13,16,27H,14-15,17-18H2,1-3H3. The van der Waals surface area contributed by atoms with Gasteiger partial charge in [0.25, 0.3) is 5.91 Å². The maximum atomic E-state index is 14.9. The molecule has 0 N–H and O–H groups in total. The van der Waals surface area contributed by atoms with Gasteiger partial charge in [-0.15, -0.1) is 0 Å². The molecule has 0 spiro atoms. The van der Waals surface area contributed by atoms with Gasteiger partial charge in [0.15, 0.2) is 0 Å². The van der Waals surface area contributed by atoms with E-state index in [1.807, 2.05) is 0 Å². The molecule has 1 heterocycles. The summed E-state index contributed by atoms with van der Waals surface area (Å²) in [5.74, 6) is -0.769. The summed E-state index contributed by atoms with van der Waals surface area (Å²) in [6.07, 6.45) is -3.81. The van der Waals surface area contributed by atoms with Gasteiger partial charge in [0.2, 0.25) is 11.6 Å². The van der Waals surface area contributed by atoms with Gasteiger partial charge >= 0.3 is 6.18 Å². The Labute approximate surface area is 229 Å². The highest BCUT2D eigenvalue weighted by Crippen LogP contribution is 2.52. The van der Waals surface area contributed by atoms with E-state index in [0.717, 1.165) is 11.1 Å². The largest absolute Gasteiger partial charge is 0.426 e. The van der Waals surface area contributed by atoms with Crippen molar-refractivity contribution in [3.63, 3.8) is 0 Å². The van der Waals surface area contributed by atoms with Gasteiger partial charge in [-0.2, -0.15) is 13.2 Å². The average molecular weight is 557 g/mol. The Balaban J connectivity index is 1.52. The highest BCUT2D eigenvalue weighted by atomic mass is 19.4. The van der Waals surface area contributed by atoms with E-state index in [1.165, 1.54) is 36.1 Å². The maximum Gasteiger partial charge on any atom is 0.426 e. The van der Waals surface area contributed by atoms with Crippen molar-refractivity contribution in [1.82, 2.24) is 4.90 Å². The van der Waals surface area contributed by atoms with Crippen LogP contribution in [0.5, 0.6) is 0 Å². The van der Waals surface area contributed by atoms with Crippen LogP contribution in [-0.4, -0.2) is 42.5 Å². The van der Waals surface area contributed by atoms with Crippen molar-refractivity contribution in [3.05, 3.63) is 100 Å². The zero-order chi connectivity index (χ0) is 29.0. The van der Waals surface area contributed by atoms with Crippen LogP contribution in [0.3, 0.4) is 0 Å². The summed E-state index contributed by atoms with van der Waals surface area (Å²) < 4.78 is 69.0. The smallest absolute Gasteiger partial charge is 0.334 e. The molecule has 4 nitrogen and oxygen atoms in total. The summed E-state index contributed by atoms with van der Waals surface area (Å²) in [5, 5.41) is 0. The molecule has 2 aliphatic rings. The molecule has 3 aromatic carbocycles. The number of hydrogen-bond donors (Lipinski definition) is 0. The molecule has 1 aliphatic heterocycles. The van der Waals surface area contributed by atoms with Gasteiger partial charge in [0, 0.05) is 43.2 Å². The Bertz CT molecular complexity index is 1450. The number of carbonyl (C=O) groups excluding carboxylic acids is 2. The van der Waals surface area contributed by atoms with Crippen LogP contribution in [0.15, 0.2) is 66.7 Å². The summed E-state index contributed by atoms with van der Waals surface area (Å²) in [6, 6.07) is 16.4. The van der Waals surface area contributed by atoms with Gasteiger partial charge in [0.1, 0.15) is 5.82 Å². The van der Waals surface area contributed by atoms with Crippen LogP contribution in [0.4, 0.5) is 27.6 Å². The van der Waals surface area contributed by atoms with Gasteiger partial charge in [-0.1, -0.05) is 30.3 Å². The lowest BCUT2D eigenvalue weighted by atomic mass is 9.73. The number of halogens is 5. The molecule has 9 heteroatoms. The van der Waals surface area contributed by atoms with E-state index in [1.54, 1.807) is 54.4 Å². The fourth-order valence-electron chi connectivity index (χ4n) is 6.16. The number of fused-ring (bicyclic) bond motifs is 3. The van der Waals surface area contributed by atoms with Crippen LogP contribution in [-0.2, 0) is 28.7 Å². The molecule has 2 amide bonds. The predicted molar refractivity (Wildman–Crippen MR) is 141 cm³/mol. The van der Waals surface area contributed by atoms with Crippen LogP contribution in [0.1, 0.15) is 52.9 Å². The number of hydrogen-bond acceptors (Lipinski definition) is 2. The first-order chi connectivity index (χ1) is 18.7. The molecule has 1 fully saturated rings. The second-order valence-corrected chi connectivity index (χ2v) is 10.9. The zero-order valence-corrected chi connectivity index (χ0v) is 22.4. The van der Waals surface area contributed by atoms with Crippen LogP contribution in [0.2, 0.25) is 0 Å². The molecule has 0 radical (unpaired) electrons. The highest BCUT2D eigenvalue weighted by Gasteiger charge is 2.57. The Morgan fingerprint density at radius 3 is 2.25 bits per heavy atom. The van der Waals surface area contributed by atoms with E-state index < -0.39 is 22.8 Å². The third-order valence-corrected chi connectivity index (χ3v) is 8.61. The van der Waals surface area contributed by atoms with Crippen molar-refractivity contribution in [1.29, 1.82) is 0 Å². The molecule has 40 heavy (non-hydrogen) atoms. The van der Waals surface area contributed by atoms with Crippen molar-refractivity contribution in [2.75, 3.05) is 18.5 Å². The molecule has 5 rings (SSSR count). The summed E-state index contributed by atoms with van der Waals surface area (Å²) in [6.45, 7) is 2.37. The second-order valence-electron chi connectivity index (χ2n) is 10.9. The molecule has 3 unspecified atom stereocenters. The summed E-state index contributed by atoms with van der Waals surface area (Å²) in [7, 11) is 1.63. The highest BCUT2D eigenvalue weighted by molar-refractivity contribution is 5.96. The first-order valence-corrected chi connectivity index (χ1v) is 13.0. The molecule has 0 aromatic heterocycles. The molecule has 0 saturated carbocycles. The van der Waals surface area contributed by atoms with Crippen LogP contribution >= 0.6 is 0 Å². The second kappa shape index (κ2) is 9.71. The Morgan fingerprint density at radius 1 is 1.00 bits per heavy atom. The minimum atomic E-state index is -5.08. The van der Waals surface area contributed by atoms with E-state index in [-0.39, 0.29) is 30.1 Å². The summed E-state index contributed by atoms with van der Waals surface area (Å²) in [5.41, 5.74) is -1.36. The van der Waals surface area contributed by atoms with E-state index in [9.17, 15) is 31.5 Å². The number of likely N-dealkylation sites (tertiary alicyclic amines) is 1. The minimum Gasteiger partial charge on any atom is -0.334 e. The number of benzene rings is 3. The molecule has 3 aromatic rings. The molecular formula is C31H29F5N2O2. The molecular weight excluding hydrogens is 527 g/mol. The van der Waals surface area contributed by atoms with Gasteiger partial charge in [-0.25, -0.2) is 8.78 Å². The molecule has 3 atom stereocenters. The number of alkyl halides is 4. The molecule has 1 aliphatic carbocycles. The minimum absolute atomic E-state index is 0.151. The topological polar surface area (TPSA) is 40.6 Å². The summed E-state index contributed by atoms with van der Waals surface area (Å²) >= 11 is 0. The zero-order valence-electron chi connectivity index (χ0n) is 22.4. The van der Waals surface area contributed by atoms with E-state index in [0.29, 0.717) is 43.1 Å². The first-order valence-electron chi connectivity index (χ1n) is 13.0. The van der Waals surface area contributed by atoms with E-state index >= 15 is 0 Å². The van der Waals surface area contributed by atoms with Gasteiger partial charge in [-0.05, 0) is 84.8 Å². The van der Waals surface area contributed by atoms with Crippen LogP contribution < -0.4 is 4.90 Å². The van der Waals surface area contributed by atoms with Gasteiger partial charge < -0.3 is 9.80 Å². The van der Waals surface area contributed by atoms with Gasteiger partial charge in [0.05, 0.1) is 0 Å². The lowest BCUT2D eigenvalue weighted by molar-refractivity contribution is -0.228. The monoisotopic (exact) mass is 556 g/mol. The number of anilines is 1. The third kappa shape index (κ3) is 4.55. The average Bonchev–Trinajstić information content (AvgIpc) is 3.41. The number of rotatable bonds is 5. The Hall–Kier alpha value is -3.75. The normalized spacial score (nSPS) is 21.5. The molecule has 0 bridgehead atoms. The number of nitrogens with zero attached hydrogens (tertiary/aromatic N) is 2. The lowest BCUT2D eigenvalue weighted by Gasteiger charge is -2.34. The predicted octanol–water partition coefficient (Wildman–Crippen LogP) is 6.51. The molecule has 1 saturated heterocycles. The van der Waals surface area contributed by atoms with E-state index in [2.05, 4.69) is 0 Å². The Morgan fingerprint density at radius 2 is 1.65 bits per heavy atom.